The first-order valence-corrected chi connectivity index (χ1v) is 6.99. The molecule has 0 aliphatic heterocycles. The average Bonchev–Trinajstić information content (AvgIpc) is 2.28. The zero-order valence-corrected chi connectivity index (χ0v) is 11.4. The van der Waals surface area contributed by atoms with Gasteiger partial charge in [-0.15, -0.1) is 0 Å². The van der Waals surface area contributed by atoms with Gasteiger partial charge in [-0.2, -0.15) is 13.2 Å². The van der Waals surface area contributed by atoms with E-state index >= 15 is 0 Å². The Morgan fingerprint density at radius 2 is 1.68 bits per heavy atom. The molecule has 0 heterocycles. The van der Waals surface area contributed by atoms with Crippen LogP contribution in [0.3, 0.4) is 0 Å². The highest BCUT2D eigenvalue weighted by atomic mass is 19.4. The van der Waals surface area contributed by atoms with Crippen LogP contribution in [0, 0.1) is 0 Å². The lowest BCUT2D eigenvalue weighted by Gasteiger charge is -2.24. The van der Waals surface area contributed by atoms with Crippen molar-refractivity contribution in [2.24, 2.45) is 0 Å². The zero-order chi connectivity index (χ0) is 14.3. The summed E-state index contributed by atoms with van der Waals surface area (Å²) in [5, 5.41) is 5.06. The summed E-state index contributed by atoms with van der Waals surface area (Å²) >= 11 is 0. The van der Waals surface area contributed by atoms with Crippen LogP contribution in [0.5, 0.6) is 0 Å². The zero-order valence-electron chi connectivity index (χ0n) is 11.4. The van der Waals surface area contributed by atoms with Gasteiger partial charge in [0.05, 0.1) is 6.04 Å². The Labute approximate surface area is 112 Å². The molecule has 1 fully saturated rings. The van der Waals surface area contributed by atoms with Crippen LogP contribution < -0.4 is 10.6 Å². The summed E-state index contributed by atoms with van der Waals surface area (Å²) < 4.78 is 36.0. The number of amides is 1. The molecule has 0 radical (unpaired) electrons. The minimum Gasteiger partial charge on any atom is -0.346 e. The molecule has 1 aliphatic rings. The number of carbonyl (C=O) groups excluding carboxylic acids is 1. The van der Waals surface area contributed by atoms with Gasteiger partial charge < -0.3 is 10.6 Å². The van der Waals surface area contributed by atoms with E-state index in [-0.39, 0.29) is 6.04 Å². The molecule has 0 aromatic heterocycles. The van der Waals surface area contributed by atoms with Crippen LogP contribution >= 0.6 is 0 Å². The number of carbonyl (C=O) groups is 1. The van der Waals surface area contributed by atoms with E-state index in [2.05, 4.69) is 5.32 Å². The second kappa shape index (κ2) is 7.72. The van der Waals surface area contributed by atoms with Crippen molar-refractivity contribution in [3.63, 3.8) is 0 Å². The van der Waals surface area contributed by atoms with Crippen molar-refractivity contribution in [1.82, 2.24) is 10.6 Å². The van der Waals surface area contributed by atoms with Crippen LogP contribution in [0.25, 0.3) is 0 Å². The number of halogens is 3. The first kappa shape index (κ1) is 16.3. The fourth-order valence-corrected chi connectivity index (χ4v) is 2.39. The maximum Gasteiger partial charge on any atom is 0.405 e. The molecule has 0 aromatic carbocycles. The summed E-state index contributed by atoms with van der Waals surface area (Å²) in [7, 11) is 0. The Morgan fingerprint density at radius 3 is 2.21 bits per heavy atom. The lowest BCUT2D eigenvalue weighted by Crippen LogP contribution is -2.48. The van der Waals surface area contributed by atoms with Crippen molar-refractivity contribution < 1.29 is 18.0 Å². The molecule has 1 aliphatic carbocycles. The fraction of sp³-hybridized carbons (Fsp3) is 0.923. The number of hydrogen-bond donors (Lipinski definition) is 2. The van der Waals surface area contributed by atoms with Crippen molar-refractivity contribution in [3.8, 4) is 0 Å². The van der Waals surface area contributed by atoms with E-state index in [1.807, 2.05) is 5.32 Å². The van der Waals surface area contributed by atoms with Crippen LogP contribution in [0.15, 0.2) is 0 Å². The number of nitrogens with one attached hydrogen (secondary N) is 2. The number of rotatable bonds is 4. The van der Waals surface area contributed by atoms with Crippen LogP contribution in [-0.2, 0) is 4.79 Å². The van der Waals surface area contributed by atoms with Crippen LogP contribution in [0.1, 0.15) is 51.9 Å². The molecule has 1 amide bonds. The average molecular weight is 280 g/mol. The number of hydrogen-bond acceptors (Lipinski definition) is 2. The summed E-state index contributed by atoms with van der Waals surface area (Å²) in [4.78, 5) is 11.5. The molecule has 0 aromatic rings. The quantitative estimate of drug-likeness (QED) is 0.831. The highest BCUT2D eigenvalue weighted by Crippen LogP contribution is 2.17. The van der Waals surface area contributed by atoms with Crippen molar-refractivity contribution in [1.29, 1.82) is 0 Å². The van der Waals surface area contributed by atoms with Gasteiger partial charge in [0.2, 0.25) is 5.91 Å². The summed E-state index contributed by atoms with van der Waals surface area (Å²) in [6.07, 6.45) is 3.54. The lowest BCUT2D eigenvalue weighted by atomic mass is 9.96. The molecule has 1 rings (SSSR count). The highest BCUT2D eigenvalue weighted by molar-refractivity contribution is 5.81. The van der Waals surface area contributed by atoms with E-state index in [9.17, 15) is 18.0 Å². The highest BCUT2D eigenvalue weighted by Gasteiger charge is 2.29. The van der Waals surface area contributed by atoms with Gasteiger partial charge in [-0.1, -0.05) is 32.1 Å². The summed E-state index contributed by atoms with van der Waals surface area (Å²) in [5.74, 6) is -0.584. The van der Waals surface area contributed by atoms with E-state index in [0.29, 0.717) is 0 Å². The molecule has 0 bridgehead atoms. The molecule has 1 atom stereocenters. The second-order valence-corrected chi connectivity index (χ2v) is 5.26. The first-order chi connectivity index (χ1) is 8.88. The second-order valence-electron chi connectivity index (χ2n) is 5.26. The molecule has 1 saturated carbocycles. The summed E-state index contributed by atoms with van der Waals surface area (Å²) in [5.41, 5.74) is 0. The lowest BCUT2D eigenvalue weighted by molar-refractivity contribution is -0.139. The Bertz CT molecular complexity index is 274. The van der Waals surface area contributed by atoms with Crippen molar-refractivity contribution in [3.05, 3.63) is 0 Å². The Hall–Kier alpha value is -0.780. The smallest absolute Gasteiger partial charge is 0.346 e. The Kier molecular flexibility index (Phi) is 6.62. The molecular formula is C13H23F3N2O. The van der Waals surface area contributed by atoms with E-state index in [1.165, 1.54) is 19.3 Å². The third kappa shape index (κ3) is 7.40. The molecule has 0 saturated heterocycles. The largest absolute Gasteiger partial charge is 0.405 e. The normalized spacial score (nSPS) is 20.4. The third-order valence-corrected chi connectivity index (χ3v) is 3.45. The SMILES string of the molecule is CC(NC1CCCCCCC1)C(=O)NCC(F)(F)F. The van der Waals surface area contributed by atoms with Gasteiger partial charge >= 0.3 is 6.18 Å². The van der Waals surface area contributed by atoms with Crippen molar-refractivity contribution in [2.45, 2.75) is 70.1 Å². The standard InChI is InChI=1S/C13H23F3N2O/c1-10(12(19)17-9-13(14,15)16)18-11-7-5-3-2-4-6-8-11/h10-11,18H,2-9H2,1H3,(H,17,19). The van der Waals surface area contributed by atoms with E-state index in [4.69, 9.17) is 0 Å². The maximum absolute atomic E-state index is 12.0. The van der Waals surface area contributed by atoms with Crippen LogP contribution in [0.4, 0.5) is 13.2 Å². The maximum atomic E-state index is 12.0. The predicted octanol–water partition coefficient (Wildman–Crippen LogP) is 2.76. The molecule has 1 unspecified atom stereocenters. The molecule has 2 N–H and O–H groups in total. The third-order valence-electron chi connectivity index (χ3n) is 3.45. The molecular weight excluding hydrogens is 257 g/mol. The van der Waals surface area contributed by atoms with Crippen molar-refractivity contribution >= 4 is 5.91 Å². The first-order valence-electron chi connectivity index (χ1n) is 6.99. The van der Waals surface area contributed by atoms with Crippen LogP contribution in [-0.4, -0.2) is 30.7 Å². The summed E-state index contributed by atoms with van der Waals surface area (Å²) in [6, 6.07) is -0.335. The Morgan fingerprint density at radius 1 is 1.16 bits per heavy atom. The van der Waals surface area contributed by atoms with Gasteiger partial charge in [-0.05, 0) is 19.8 Å². The predicted molar refractivity (Wildman–Crippen MR) is 67.8 cm³/mol. The number of alkyl halides is 3. The van der Waals surface area contributed by atoms with Gasteiger partial charge in [-0.25, -0.2) is 0 Å². The van der Waals surface area contributed by atoms with Crippen LogP contribution in [0.2, 0.25) is 0 Å². The fourth-order valence-electron chi connectivity index (χ4n) is 2.39. The minimum absolute atomic E-state index is 0.243. The molecule has 19 heavy (non-hydrogen) atoms. The van der Waals surface area contributed by atoms with Gasteiger partial charge in [0.25, 0.3) is 0 Å². The Balaban J connectivity index is 2.31. The molecule has 112 valence electrons. The van der Waals surface area contributed by atoms with Gasteiger partial charge in [0, 0.05) is 6.04 Å². The molecule has 3 nitrogen and oxygen atoms in total. The molecule has 0 spiro atoms. The van der Waals surface area contributed by atoms with E-state index < -0.39 is 24.7 Å². The minimum atomic E-state index is -4.35. The van der Waals surface area contributed by atoms with Gasteiger partial charge in [0.15, 0.2) is 0 Å². The topological polar surface area (TPSA) is 41.1 Å². The molecule has 6 heteroatoms. The monoisotopic (exact) mass is 280 g/mol. The van der Waals surface area contributed by atoms with E-state index in [0.717, 1.165) is 25.7 Å². The summed E-state index contributed by atoms with van der Waals surface area (Å²) in [6.45, 7) is 0.354. The van der Waals surface area contributed by atoms with Gasteiger partial charge in [0.1, 0.15) is 6.54 Å². The van der Waals surface area contributed by atoms with Gasteiger partial charge in [-0.3, -0.25) is 4.79 Å². The van der Waals surface area contributed by atoms with E-state index in [1.54, 1.807) is 6.92 Å². The van der Waals surface area contributed by atoms with Crippen molar-refractivity contribution in [2.75, 3.05) is 6.54 Å².